The first-order chi connectivity index (χ1) is 13.1. The Morgan fingerprint density at radius 3 is 2.85 bits per heavy atom. The minimum Gasteiger partial charge on any atom is -0.358 e. The van der Waals surface area contributed by atoms with Crippen molar-refractivity contribution in [1.29, 1.82) is 0 Å². The molecule has 0 aliphatic carbocycles. The van der Waals surface area contributed by atoms with Crippen molar-refractivity contribution in [3.8, 4) is 11.1 Å². The number of thiazole rings is 1. The van der Waals surface area contributed by atoms with E-state index in [2.05, 4.69) is 20.7 Å². The molecule has 0 bridgehead atoms. The van der Waals surface area contributed by atoms with Gasteiger partial charge in [-0.05, 0) is 24.1 Å². The Morgan fingerprint density at radius 2 is 2.15 bits per heavy atom. The molecule has 1 unspecified atom stereocenters. The third-order valence-electron chi connectivity index (χ3n) is 4.14. The summed E-state index contributed by atoms with van der Waals surface area (Å²) in [5.74, 6) is -0.262. The van der Waals surface area contributed by atoms with Gasteiger partial charge in [0.1, 0.15) is 11.6 Å². The number of rotatable bonds is 7. The highest BCUT2D eigenvalue weighted by Gasteiger charge is 2.16. The average Bonchev–Trinajstić information content (AvgIpc) is 3.38. The second-order valence-corrected chi connectivity index (χ2v) is 6.91. The molecule has 2 amide bonds. The fourth-order valence-corrected chi connectivity index (χ4v) is 3.42. The maximum Gasteiger partial charge on any atom is 0.251 e. The molecule has 0 aliphatic rings. The van der Waals surface area contributed by atoms with Gasteiger partial charge in [0, 0.05) is 35.9 Å². The molecule has 2 N–H and O–H groups in total. The molecule has 8 heteroatoms. The molecule has 7 nitrogen and oxygen atoms in total. The fraction of sp³-hybridized carbons (Fsp3) is 0.263. The van der Waals surface area contributed by atoms with E-state index >= 15 is 0 Å². The number of carbonyl (C=O) groups is 2. The zero-order chi connectivity index (χ0) is 19.2. The molecule has 3 rings (SSSR count). The number of nitrogens with zero attached hydrogens (tertiary/aromatic N) is 3. The zero-order valence-corrected chi connectivity index (χ0v) is 16.0. The summed E-state index contributed by atoms with van der Waals surface area (Å²) in [5.41, 5.74) is 2.29. The number of aromatic nitrogens is 3. The number of likely N-dealkylation sites (N-methyl/N-ethyl adjacent to an activating group) is 1. The van der Waals surface area contributed by atoms with Crippen LogP contribution in [0.15, 0.2) is 48.2 Å². The average molecular weight is 383 g/mol. The zero-order valence-electron chi connectivity index (χ0n) is 15.2. The Hall–Kier alpha value is -3.00. The molecular formula is C19H21N5O2S. The third kappa shape index (κ3) is 4.59. The number of amides is 2. The van der Waals surface area contributed by atoms with Gasteiger partial charge in [0.15, 0.2) is 0 Å². The van der Waals surface area contributed by atoms with Crippen molar-refractivity contribution in [3.05, 3.63) is 58.8 Å². The predicted octanol–water partition coefficient (Wildman–Crippen LogP) is 2.63. The van der Waals surface area contributed by atoms with E-state index in [0.29, 0.717) is 5.56 Å². The molecule has 0 fully saturated rings. The van der Waals surface area contributed by atoms with Crippen molar-refractivity contribution >= 4 is 23.2 Å². The summed E-state index contributed by atoms with van der Waals surface area (Å²) in [4.78, 5) is 28.4. The van der Waals surface area contributed by atoms with Crippen LogP contribution in [0.2, 0.25) is 0 Å². The summed E-state index contributed by atoms with van der Waals surface area (Å²) in [7, 11) is 1.59. The summed E-state index contributed by atoms with van der Waals surface area (Å²) in [5, 5.41) is 12.6. The van der Waals surface area contributed by atoms with Crippen LogP contribution >= 0.6 is 11.3 Å². The Labute approximate surface area is 161 Å². The molecule has 3 aromatic rings. The number of hydrogen-bond donors (Lipinski definition) is 2. The summed E-state index contributed by atoms with van der Waals surface area (Å²) in [6.07, 6.45) is 5.98. The van der Waals surface area contributed by atoms with Gasteiger partial charge in [0.05, 0.1) is 12.2 Å². The van der Waals surface area contributed by atoms with Crippen molar-refractivity contribution in [2.75, 3.05) is 7.05 Å². The lowest BCUT2D eigenvalue weighted by Gasteiger charge is -2.14. The minimum atomic E-state index is -0.142. The smallest absolute Gasteiger partial charge is 0.251 e. The van der Waals surface area contributed by atoms with E-state index in [9.17, 15) is 9.59 Å². The highest BCUT2D eigenvalue weighted by atomic mass is 32.1. The topological polar surface area (TPSA) is 88.9 Å². The number of hydrogen-bond acceptors (Lipinski definition) is 5. The maximum atomic E-state index is 12.7. The first kappa shape index (κ1) is 18.8. The summed E-state index contributed by atoms with van der Waals surface area (Å²) in [6, 6.07) is 7.26. The van der Waals surface area contributed by atoms with Crippen LogP contribution in [0.25, 0.3) is 11.1 Å². The van der Waals surface area contributed by atoms with Crippen LogP contribution < -0.4 is 10.6 Å². The van der Waals surface area contributed by atoms with Gasteiger partial charge in [-0.3, -0.25) is 14.3 Å². The molecule has 27 heavy (non-hydrogen) atoms. The van der Waals surface area contributed by atoms with Crippen LogP contribution in [0.1, 0.15) is 34.8 Å². The van der Waals surface area contributed by atoms with E-state index in [-0.39, 0.29) is 24.4 Å². The molecule has 0 spiro atoms. The van der Waals surface area contributed by atoms with E-state index in [0.717, 1.165) is 22.6 Å². The van der Waals surface area contributed by atoms with Crippen LogP contribution in [0.4, 0.5) is 0 Å². The first-order valence-electron chi connectivity index (χ1n) is 8.64. The second kappa shape index (κ2) is 8.59. The van der Waals surface area contributed by atoms with E-state index in [4.69, 9.17) is 0 Å². The first-order valence-corrected chi connectivity index (χ1v) is 9.52. The van der Waals surface area contributed by atoms with Gasteiger partial charge in [-0.25, -0.2) is 4.98 Å². The minimum absolute atomic E-state index is 0.100. The van der Waals surface area contributed by atoms with Gasteiger partial charge in [-0.15, -0.1) is 11.3 Å². The van der Waals surface area contributed by atoms with Crippen molar-refractivity contribution in [1.82, 2.24) is 25.4 Å². The molecule has 0 saturated heterocycles. The van der Waals surface area contributed by atoms with Crippen LogP contribution in [0.3, 0.4) is 0 Å². The highest BCUT2D eigenvalue weighted by Crippen LogP contribution is 2.22. The van der Waals surface area contributed by atoms with E-state index in [1.54, 1.807) is 36.4 Å². The molecule has 0 saturated carbocycles. The Kier molecular flexibility index (Phi) is 5.97. The van der Waals surface area contributed by atoms with E-state index < -0.39 is 0 Å². The second-order valence-electron chi connectivity index (χ2n) is 5.99. The van der Waals surface area contributed by atoms with Crippen LogP contribution in [-0.2, 0) is 11.3 Å². The largest absolute Gasteiger partial charge is 0.358 e. The lowest BCUT2D eigenvalue weighted by molar-refractivity contribution is -0.121. The Bertz CT molecular complexity index is 920. The molecule has 1 atom stereocenters. The summed E-state index contributed by atoms with van der Waals surface area (Å²) < 4.78 is 1.57. The Morgan fingerprint density at radius 1 is 1.30 bits per heavy atom. The van der Waals surface area contributed by atoms with Crippen molar-refractivity contribution in [2.45, 2.75) is 25.9 Å². The van der Waals surface area contributed by atoms with Crippen LogP contribution in [-0.4, -0.2) is 33.6 Å². The quantitative estimate of drug-likeness (QED) is 0.656. The van der Waals surface area contributed by atoms with Crippen LogP contribution in [0.5, 0.6) is 0 Å². The van der Waals surface area contributed by atoms with Gasteiger partial charge in [-0.1, -0.05) is 19.1 Å². The van der Waals surface area contributed by atoms with Crippen molar-refractivity contribution in [2.24, 2.45) is 0 Å². The number of carbonyl (C=O) groups excluding carboxylic acids is 2. The predicted molar refractivity (Wildman–Crippen MR) is 104 cm³/mol. The van der Waals surface area contributed by atoms with Gasteiger partial charge < -0.3 is 10.6 Å². The molecule has 0 radical (unpaired) electrons. The molecule has 2 aromatic heterocycles. The molecule has 2 heterocycles. The van der Waals surface area contributed by atoms with Crippen LogP contribution in [0, 0.1) is 0 Å². The summed E-state index contributed by atoms with van der Waals surface area (Å²) in [6.45, 7) is 2.17. The van der Waals surface area contributed by atoms with Crippen molar-refractivity contribution < 1.29 is 9.59 Å². The lowest BCUT2D eigenvalue weighted by atomic mass is 10.1. The maximum absolute atomic E-state index is 12.7. The monoisotopic (exact) mass is 383 g/mol. The van der Waals surface area contributed by atoms with E-state index in [1.165, 1.54) is 11.3 Å². The molecule has 140 valence electrons. The van der Waals surface area contributed by atoms with Gasteiger partial charge in [-0.2, -0.15) is 5.10 Å². The molecular weight excluding hydrogens is 362 g/mol. The van der Waals surface area contributed by atoms with E-state index in [1.807, 2.05) is 30.5 Å². The highest BCUT2D eigenvalue weighted by molar-refractivity contribution is 7.09. The molecule has 0 aliphatic heterocycles. The fourth-order valence-electron chi connectivity index (χ4n) is 2.65. The SMILES string of the molecule is CCC(NC(=O)c1cccc(-c2cnn(CC(=O)NC)c2)c1)c1nccs1. The molecule has 1 aromatic carbocycles. The third-order valence-corrected chi connectivity index (χ3v) is 5.03. The van der Waals surface area contributed by atoms with Gasteiger partial charge in [0.25, 0.3) is 5.91 Å². The number of benzene rings is 1. The number of nitrogens with one attached hydrogen (secondary N) is 2. The Balaban J connectivity index is 1.75. The van der Waals surface area contributed by atoms with Gasteiger partial charge in [0.2, 0.25) is 5.91 Å². The lowest BCUT2D eigenvalue weighted by Crippen LogP contribution is -2.28. The van der Waals surface area contributed by atoms with Crippen molar-refractivity contribution in [3.63, 3.8) is 0 Å². The normalized spacial score (nSPS) is 11.8. The summed E-state index contributed by atoms with van der Waals surface area (Å²) >= 11 is 1.53. The van der Waals surface area contributed by atoms with Gasteiger partial charge >= 0.3 is 0 Å². The standard InChI is InChI=1S/C19H21N5O2S/c1-3-16(19-21-7-8-27-19)23-18(26)14-6-4-5-13(9-14)15-10-22-24(11-15)12-17(25)20-2/h4-11,16H,3,12H2,1-2H3,(H,20,25)(H,23,26).